The molecule has 1 aromatic heterocycles. The minimum absolute atomic E-state index is 0.0969. The highest BCUT2D eigenvalue weighted by Gasteiger charge is 2.35. The third-order valence-corrected chi connectivity index (χ3v) is 6.09. The zero-order chi connectivity index (χ0) is 21.8. The number of imide groups is 1. The number of anilines is 1. The normalized spacial score (nSPS) is 15.0. The number of carbonyl (C=O) groups is 4. The van der Waals surface area contributed by atoms with E-state index in [0.29, 0.717) is 28.5 Å². The lowest BCUT2D eigenvalue weighted by Gasteiger charge is -2.14. The van der Waals surface area contributed by atoms with Crippen LogP contribution in [0.3, 0.4) is 0 Å². The van der Waals surface area contributed by atoms with Crippen molar-refractivity contribution in [1.82, 2.24) is 9.88 Å². The number of carbonyl (C=O) groups excluding carboxylic acids is 4. The van der Waals surface area contributed by atoms with Gasteiger partial charge in [0.1, 0.15) is 0 Å². The quantitative estimate of drug-likeness (QED) is 0.496. The summed E-state index contributed by atoms with van der Waals surface area (Å²) in [5.41, 5.74) is 1.62. The van der Waals surface area contributed by atoms with Crippen molar-refractivity contribution < 1.29 is 23.9 Å². The Morgan fingerprint density at radius 3 is 2.53 bits per heavy atom. The standard InChI is InChI=1S/C20H19N3O5S2/c1-4-22(12(2)24)19-21-15(11-29-19)9-16-17(25)23(20(27)30-16)10-13-5-7-14(8-6-13)18(26)28-3/h5-9,11H,4,10H2,1-3H3. The summed E-state index contributed by atoms with van der Waals surface area (Å²) in [6.45, 7) is 3.91. The van der Waals surface area contributed by atoms with E-state index in [-0.39, 0.29) is 22.6 Å². The second kappa shape index (κ2) is 9.23. The van der Waals surface area contributed by atoms with Crippen molar-refractivity contribution in [2.45, 2.75) is 20.4 Å². The van der Waals surface area contributed by atoms with Gasteiger partial charge in [-0.25, -0.2) is 9.78 Å². The second-order valence-electron chi connectivity index (χ2n) is 6.27. The van der Waals surface area contributed by atoms with Gasteiger partial charge in [-0.05, 0) is 42.5 Å². The Labute approximate surface area is 181 Å². The monoisotopic (exact) mass is 445 g/mol. The van der Waals surface area contributed by atoms with Crippen LogP contribution in [0.25, 0.3) is 6.08 Å². The summed E-state index contributed by atoms with van der Waals surface area (Å²) >= 11 is 2.14. The first kappa shape index (κ1) is 21.7. The number of hydrogen-bond acceptors (Lipinski definition) is 8. The van der Waals surface area contributed by atoms with Gasteiger partial charge in [0, 0.05) is 18.8 Å². The van der Waals surface area contributed by atoms with Gasteiger partial charge in [-0.15, -0.1) is 11.3 Å². The summed E-state index contributed by atoms with van der Waals surface area (Å²) in [5.74, 6) is -0.975. The summed E-state index contributed by atoms with van der Waals surface area (Å²) in [6, 6.07) is 6.52. The van der Waals surface area contributed by atoms with Gasteiger partial charge in [-0.3, -0.25) is 24.2 Å². The molecule has 0 bridgehead atoms. The number of thioether (sulfide) groups is 1. The molecule has 10 heteroatoms. The average molecular weight is 446 g/mol. The molecule has 8 nitrogen and oxygen atoms in total. The van der Waals surface area contributed by atoms with E-state index in [2.05, 4.69) is 9.72 Å². The fourth-order valence-corrected chi connectivity index (χ4v) is 4.49. The number of rotatable bonds is 6. The highest BCUT2D eigenvalue weighted by Crippen LogP contribution is 2.34. The SMILES string of the molecule is CCN(C(C)=O)c1nc(C=C2SC(=O)N(Cc3ccc(C(=O)OC)cc3)C2=O)cs1. The van der Waals surface area contributed by atoms with Crippen LogP contribution in [0.4, 0.5) is 9.93 Å². The third-order valence-electron chi connectivity index (χ3n) is 4.31. The van der Waals surface area contributed by atoms with Crippen molar-refractivity contribution in [2.75, 3.05) is 18.6 Å². The molecule has 0 atom stereocenters. The topological polar surface area (TPSA) is 96.9 Å². The highest BCUT2D eigenvalue weighted by molar-refractivity contribution is 8.18. The van der Waals surface area contributed by atoms with E-state index in [1.54, 1.807) is 35.7 Å². The Hall–Kier alpha value is -2.98. The molecule has 0 N–H and O–H groups in total. The van der Waals surface area contributed by atoms with Crippen molar-refractivity contribution in [3.8, 4) is 0 Å². The van der Waals surface area contributed by atoms with Crippen LogP contribution in [0.1, 0.15) is 35.5 Å². The van der Waals surface area contributed by atoms with Crippen molar-refractivity contribution in [2.24, 2.45) is 0 Å². The Kier molecular flexibility index (Phi) is 6.68. The molecule has 156 valence electrons. The van der Waals surface area contributed by atoms with E-state index < -0.39 is 11.9 Å². The van der Waals surface area contributed by atoms with Crippen LogP contribution in [0.2, 0.25) is 0 Å². The molecule has 3 amide bonds. The largest absolute Gasteiger partial charge is 0.465 e. The zero-order valence-corrected chi connectivity index (χ0v) is 18.2. The Bertz CT molecular complexity index is 1030. The van der Waals surface area contributed by atoms with E-state index in [9.17, 15) is 19.2 Å². The number of methoxy groups -OCH3 is 1. The van der Waals surface area contributed by atoms with E-state index >= 15 is 0 Å². The highest BCUT2D eigenvalue weighted by atomic mass is 32.2. The number of aromatic nitrogens is 1. The van der Waals surface area contributed by atoms with Gasteiger partial charge >= 0.3 is 5.97 Å². The summed E-state index contributed by atoms with van der Waals surface area (Å²) in [7, 11) is 1.30. The molecule has 0 unspecified atom stereocenters. The molecule has 2 heterocycles. The minimum Gasteiger partial charge on any atom is -0.465 e. The van der Waals surface area contributed by atoms with Gasteiger partial charge < -0.3 is 4.74 Å². The number of hydrogen-bond donors (Lipinski definition) is 0. The summed E-state index contributed by atoms with van der Waals surface area (Å²) in [4.78, 5) is 55.5. The lowest BCUT2D eigenvalue weighted by Crippen LogP contribution is -2.27. The lowest BCUT2D eigenvalue weighted by atomic mass is 10.1. The maximum Gasteiger partial charge on any atom is 0.337 e. The van der Waals surface area contributed by atoms with Crippen molar-refractivity contribution >= 4 is 57.3 Å². The molecule has 1 aliphatic rings. The predicted molar refractivity (Wildman–Crippen MR) is 115 cm³/mol. The maximum absolute atomic E-state index is 12.7. The second-order valence-corrected chi connectivity index (χ2v) is 8.10. The first-order valence-electron chi connectivity index (χ1n) is 9.00. The summed E-state index contributed by atoms with van der Waals surface area (Å²) < 4.78 is 4.66. The van der Waals surface area contributed by atoms with E-state index in [1.165, 1.54) is 30.3 Å². The average Bonchev–Trinajstić information content (AvgIpc) is 3.28. The number of amides is 3. The third kappa shape index (κ3) is 4.60. The van der Waals surface area contributed by atoms with Gasteiger partial charge in [0.25, 0.3) is 11.1 Å². The fourth-order valence-electron chi connectivity index (χ4n) is 2.78. The molecule has 0 spiro atoms. The number of nitrogens with zero attached hydrogens (tertiary/aromatic N) is 3. The smallest absolute Gasteiger partial charge is 0.337 e. The predicted octanol–water partition coefficient (Wildman–Crippen LogP) is 3.54. The molecule has 0 radical (unpaired) electrons. The molecule has 0 saturated carbocycles. The number of benzene rings is 1. The van der Waals surface area contributed by atoms with Crippen LogP contribution in [-0.4, -0.2) is 46.6 Å². The van der Waals surface area contributed by atoms with E-state index in [0.717, 1.165) is 16.7 Å². The van der Waals surface area contributed by atoms with Gasteiger partial charge in [-0.2, -0.15) is 0 Å². The molecule has 3 rings (SSSR count). The Morgan fingerprint density at radius 1 is 1.23 bits per heavy atom. The zero-order valence-electron chi connectivity index (χ0n) is 16.6. The van der Waals surface area contributed by atoms with E-state index in [1.807, 2.05) is 6.92 Å². The lowest BCUT2D eigenvalue weighted by molar-refractivity contribution is -0.123. The van der Waals surface area contributed by atoms with Gasteiger partial charge in [-0.1, -0.05) is 12.1 Å². The maximum atomic E-state index is 12.7. The fraction of sp³-hybridized carbons (Fsp3) is 0.250. The van der Waals surface area contributed by atoms with Gasteiger partial charge in [0.2, 0.25) is 5.91 Å². The summed E-state index contributed by atoms with van der Waals surface area (Å²) in [5, 5.41) is 1.90. The van der Waals surface area contributed by atoms with E-state index in [4.69, 9.17) is 0 Å². The molecule has 1 aromatic carbocycles. The van der Waals surface area contributed by atoms with Crippen LogP contribution in [-0.2, 0) is 20.9 Å². The molecule has 0 aliphatic carbocycles. The molecular formula is C20H19N3O5S2. The summed E-state index contributed by atoms with van der Waals surface area (Å²) in [6.07, 6.45) is 1.55. The van der Waals surface area contributed by atoms with Gasteiger partial charge in [0.05, 0.1) is 29.8 Å². The van der Waals surface area contributed by atoms with Crippen molar-refractivity contribution in [3.63, 3.8) is 0 Å². The number of esters is 1. The van der Waals surface area contributed by atoms with Crippen molar-refractivity contribution in [1.29, 1.82) is 0 Å². The number of ether oxygens (including phenoxy) is 1. The molecule has 1 saturated heterocycles. The first-order chi connectivity index (χ1) is 14.3. The van der Waals surface area contributed by atoms with Crippen LogP contribution >= 0.6 is 23.1 Å². The molecule has 2 aromatic rings. The molecule has 30 heavy (non-hydrogen) atoms. The number of thiazole rings is 1. The van der Waals surface area contributed by atoms with Crippen LogP contribution in [0, 0.1) is 0 Å². The minimum atomic E-state index is -0.454. The molecule has 1 fully saturated rings. The van der Waals surface area contributed by atoms with Crippen LogP contribution in [0.5, 0.6) is 0 Å². The van der Waals surface area contributed by atoms with Crippen molar-refractivity contribution in [3.05, 3.63) is 51.4 Å². The Morgan fingerprint density at radius 2 is 1.93 bits per heavy atom. The molecular weight excluding hydrogens is 426 g/mol. The first-order valence-corrected chi connectivity index (χ1v) is 10.7. The molecule has 1 aliphatic heterocycles. The van der Waals surface area contributed by atoms with Crippen LogP contribution in [0.15, 0.2) is 34.6 Å². The Balaban J connectivity index is 1.74. The van der Waals surface area contributed by atoms with Crippen LogP contribution < -0.4 is 4.90 Å². The van der Waals surface area contributed by atoms with Gasteiger partial charge in [0.15, 0.2) is 5.13 Å².